The average molecular weight is 513 g/mol. The van der Waals surface area contributed by atoms with Crippen molar-refractivity contribution in [2.45, 2.75) is 18.3 Å². The molecule has 1 aromatic heterocycles. The molecule has 0 fully saturated rings. The van der Waals surface area contributed by atoms with Crippen molar-refractivity contribution in [1.82, 2.24) is 14.9 Å². The maximum absolute atomic E-state index is 13.8. The van der Waals surface area contributed by atoms with Crippen molar-refractivity contribution in [1.29, 1.82) is 0 Å². The van der Waals surface area contributed by atoms with E-state index in [2.05, 4.69) is 20.0 Å². The molecular formula is C25H20F3N4O5+. The SMILES string of the molecule is C[N@@+]1(OC=O)C(C(=O)NC2(c3ccc(OC(F)(F)F)cc3)CCOc3cccnc32)=Nc2ccccc21. The highest BCUT2D eigenvalue weighted by atomic mass is 19.4. The number of halogens is 3. The van der Waals surface area contributed by atoms with Crippen LogP contribution >= 0.6 is 0 Å². The van der Waals surface area contributed by atoms with E-state index in [1.165, 1.54) is 25.4 Å². The molecular weight excluding hydrogens is 493 g/mol. The van der Waals surface area contributed by atoms with Crippen LogP contribution in [0.2, 0.25) is 0 Å². The lowest BCUT2D eigenvalue weighted by atomic mass is 9.81. The number of ether oxygens (including phenoxy) is 2. The Hall–Kier alpha value is -4.45. The standard InChI is InChI=1S/C25H19F3N4O5/c1-32(36-15-33)19-6-3-2-5-18(19)30-22(32)23(34)31-24(12-14-35-20-7-4-13-29-21(20)24)16-8-10-17(11-9-16)37-25(26,27)28/h2-11,13,15H,12,14H2,1H3/p+1/t24?,32-/m0/s1. The fraction of sp³-hybridized carbons (Fsp3) is 0.200. The molecule has 0 saturated heterocycles. The summed E-state index contributed by atoms with van der Waals surface area (Å²) in [5.41, 5.74) is 0.436. The number of hydroxylamine groups is 2. The lowest BCUT2D eigenvalue weighted by Crippen LogP contribution is -2.59. The zero-order valence-corrected chi connectivity index (χ0v) is 19.4. The first kappa shape index (κ1) is 24.3. The molecule has 2 aromatic carbocycles. The molecule has 12 heteroatoms. The van der Waals surface area contributed by atoms with Crippen LogP contribution < -0.4 is 19.4 Å². The topological polar surface area (TPSA) is 99.1 Å². The molecule has 5 rings (SSSR count). The summed E-state index contributed by atoms with van der Waals surface area (Å²) in [5.74, 6) is -0.795. The number of aromatic nitrogens is 1. The van der Waals surface area contributed by atoms with Gasteiger partial charge in [-0.25, -0.2) is 4.79 Å². The van der Waals surface area contributed by atoms with Gasteiger partial charge >= 0.3 is 24.6 Å². The van der Waals surface area contributed by atoms with Crippen LogP contribution in [-0.2, 0) is 20.0 Å². The second kappa shape index (κ2) is 8.89. The maximum atomic E-state index is 13.8. The maximum Gasteiger partial charge on any atom is 0.573 e. The second-order valence-electron chi connectivity index (χ2n) is 8.43. The Morgan fingerprint density at radius 2 is 1.89 bits per heavy atom. The molecule has 1 unspecified atom stereocenters. The molecule has 190 valence electrons. The molecule has 0 bridgehead atoms. The molecule has 2 aliphatic rings. The molecule has 2 aliphatic heterocycles. The predicted molar refractivity (Wildman–Crippen MR) is 125 cm³/mol. The number of likely N-dealkylation sites (N-methyl/N-ethyl adjacent to an activating group) is 1. The molecule has 0 spiro atoms. The molecule has 0 radical (unpaired) electrons. The number of amides is 1. The highest BCUT2D eigenvalue weighted by molar-refractivity contribution is 6.42. The van der Waals surface area contributed by atoms with Gasteiger partial charge in [0, 0.05) is 18.7 Å². The Balaban J connectivity index is 1.58. The Labute approximate surface area is 208 Å². The van der Waals surface area contributed by atoms with Crippen molar-refractivity contribution >= 4 is 29.6 Å². The molecule has 9 nitrogen and oxygen atoms in total. The number of nitrogens with one attached hydrogen (secondary N) is 1. The van der Waals surface area contributed by atoms with Gasteiger partial charge in [-0.1, -0.05) is 24.3 Å². The van der Waals surface area contributed by atoms with Gasteiger partial charge in [-0.2, -0.15) is 4.99 Å². The highest BCUT2D eigenvalue weighted by Crippen LogP contribution is 2.43. The number of pyridine rings is 1. The van der Waals surface area contributed by atoms with E-state index >= 15 is 0 Å². The van der Waals surface area contributed by atoms with E-state index in [9.17, 15) is 22.8 Å². The molecule has 3 heterocycles. The molecule has 37 heavy (non-hydrogen) atoms. The third-order valence-electron chi connectivity index (χ3n) is 6.25. The van der Waals surface area contributed by atoms with Crippen molar-refractivity contribution in [3.05, 3.63) is 78.1 Å². The normalized spacial score (nSPS) is 22.1. The summed E-state index contributed by atoms with van der Waals surface area (Å²) in [4.78, 5) is 39.4. The molecule has 2 atom stereocenters. The number of carbonyl (C=O) groups excluding carboxylic acids is 2. The minimum Gasteiger partial charge on any atom is -0.491 e. The largest absolute Gasteiger partial charge is 0.573 e. The summed E-state index contributed by atoms with van der Waals surface area (Å²) in [6, 6.07) is 15.3. The van der Waals surface area contributed by atoms with Crippen LogP contribution in [0.1, 0.15) is 17.7 Å². The Kier molecular flexibility index (Phi) is 5.83. The third-order valence-corrected chi connectivity index (χ3v) is 6.25. The van der Waals surface area contributed by atoms with Crippen molar-refractivity contribution in [3.8, 4) is 11.5 Å². The van der Waals surface area contributed by atoms with E-state index in [0.29, 0.717) is 28.4 Å². The van der Waals surface area contributed by atoms with Crippen LogP contribution in [0.3, 0.4) is 0 Å². The summed E-state index contributed by atoms with van der Waals surface area (Å²) in [6.45, 7) is 0.411. The van der Waals surface area contributed by atoms with Gasteiger partial charge in [0.1, 0.15) is 35.5 Å². The number of aliphatic imine (C=N–C) groups is 1. The summed E-state index contributed by atoms with van der Waals surface area (Å²) in [5, 5.41) is 2.98. The summed E-state index contributed by atoms with van der Waals surface area (Å²) < 4.78 is 47.2. The zero-order chi connectivity index (χ0) is 26.3. The smallest absolute Gasteiger partial charge is 0.491 e. The minimum absolute atomic E-state index is 0.117. The highest BCUT2D eigenvalue weighted by Gasteiger charge is 2.51. The third kappa shape index (κ3) is 4.25. The van der Waals surface area contributed by atoms with E-state index in [1.54, 1.807) is 36.4 Å². The lowest BCUT2D eigenvalue weighted by Gasteiger charge is -2.39. The van der Waals surface area contributed by atoms with Gasteiger partial charge in [-0.3, -0.25) is 14.6 Å². The fourth-order valence-corrected chi connectivity index (χ4v) is 4.61. The number of carbonyl (C=O) groups is 2. The predicted octanol–water partition coefficient (Wildman–Crippen LogP) is 3.89. The lowest BCUT2D eigenvalue weighted by molar-refractivity contribution is -0.274. The van der Waals surface area contributed by atoms with Crippen molar-refractivity contribution in [2.75, 3.05) is 13.7 Å². The Morgan fingerprint density at radius 1 is 1.14 bits per heavy atom. The number of hydrogen-bond donors (Lipinski definition) is 1. The first-order chi connectivity index (χ1) is 17.7. The fourth-order valence-electron chi connectivity index (χ4n) is 4.61. The molecule has 0 saturated carbocycles. The second-order valence-corrected chi connectivity index (χ2v) is 8.43. The monoisotopic (exact) mass is 513 g/mol. The summed E-state index contributed by atoms with van der Waals surface area (Å²) in [7, 11) is 1.50. The quantitative estimate of drug-likeness (QED) is 0.397. The number of fused-ring (bicyclic) bond motifs is 2. The summed E-state index contributed by atoms with van der Waals surface area (Å²) in [6.07, 6.45) is -3.12. The van der Waals surface area contributed by atoms with Gasteiger partial charge in [0.25, 0.3) is 0 Å². The van der Waals surface area contributed by atoms with Gasteiger partial charge in [0.15, 0.2) is 0 Å². The summed E-state index contributed by atoms with van der Waals surface area (Å²) >= 11 is 0. The van der Waals surface area contributed by atoms with Gasteiger partial charge in [-0.05, 0) is 40.5 Å². The molecule has 3 aromatic rings. The first-order valence-electron chi connectivity index (χ1n) is 11.1. The van der Waals surface area contributed by atoms with Crippen molar-refractivity contribution < 1.29 is 37.1 Å². The van der Waals surface area contributed by atoms with E-state index in [1.807, 2.05) is 0 Å². The number of rotatable bonds is 6. The van der Waals surface area contributed by atoms with Crippen molar-refractivity contribution in [2.24, 2.45) is 4.99 Å². The number of alkyl halides is 3. The first-order valence-corrected chi connectivity index (χ1v) is 11.1. The van der Waals surface area contributed by atoms with E-state index < -0.39 is 28.2 Å². The van der Waals surface area contributed by atoms with Crippen LogP contribution in [0.5, 0.6) is 11.5 Å². The number of benzene rings is 2. The van der Waals surface area contributed by atoms with Gasteiger partial charge < -0.3 is 14.8 Å². The molecule has 0 aliphatic carbocycles. The van der Waals surface area contributed by atoms with Gasteiger partial charge in [0.2, 0.25) is 5.69 Å². The average Bonchev–Trinajstić information content (AvgIpc) is 3.16. The zero-order valence-electron chi connectivity index (χ0n) is 19.4. The van der Waals surface area contributed by atoms with Crippen molar-refractivity contribution in [3.63, 3.8) is 0 Å². The number of nitrogens with zero attached hydrogens (tertiary/aromatic N) is 3. The van der Waals surface area contributed by atoms with Gasteiger partial charge in [0.05, 0.1) is 6.61 Å². The Bertz CT molecular complexity index is 1400. The minimum atomic E-state index is -4.85. The van der Waals surface area contributed by atoms with E-state index in [-0.39, 0.29) is 25.3 Å². The molecule has 1 amide bonds. The van der Waals surface area contributed by atoms with Gasteiger partial charge in [-0.15, -0.1) is 13.2 Å². The van der Waals surface area contributed by atoms with Crippen LogP contribution in [-0.4, -0.2) is 43.2 Å². The van der Waals surface area contributed by atoms with Crippen LogP contribution in [0.4, 0.5) is 24.5 Å². The van der Waals surface area contributed by atoms with Crippen LogP contribution in [0.25, 0.3) is 0 Å². The number of amidine groups is 1. The van der Waals surface area contributed by atoms with Crippen LogP contribution in [0, 0.1) is 0 Å². The van der Waals surface area contributed by atoms with E-state index in [4.69, 9.17) is 9.57 Å². The van der Waals surface area contributed by atoms with E-state index in [0.717, 1.165) is 12.1 Å². The van der Waals surface area contributed by atoms with Crippen LogP contribution in [0.15, 0.2) is 71.9 Å². The molecule has 1 N–H and O–H groups in total. The number of hydrogen-bond acceptors (Lipinski definition) is 7. The number of quaternary nitrogens is 1. The Morgan fingerprint density at radius 3 is 2.62 bits per heavy atom. The number of para-hydroxylation sites is 2.